The van der Waals surface area contributed by atoms with Crippen molar-refractivity contribution in [1.29, 1.82) is 0 Å². The summed E-state index contributed by atoms with van der Waals surface area (Å²) in [4.78, 5) is 25.0. The Kier molecular flexibility index (Phi) is 4.74. The summed E-state index contributed by atoms with van der Waals surface area (Å²) in [5.74, 6) is -0.686. The molecule has 2 rings (SSSR count). The van der Waals surface area contributed by atoms with Gasteiger partial charge in [-0.25, -0.2) is 4.79 Å². The van der Waals surface area contributed by atoms with E-state index in [1.54, 1.807) is 6.92 Å². The number of hydrogen-bond acceptors (Lipinski definition) is 6. The Morgan fingerprint density at radius 2 is 2.15 bits per heavy atom. The predicted octanol–water partition coefficient (Wildman–Crippen LogP) is 1.15. The molecule has 0 saturated carbocycles. The van der Waals surface area contributed by atoms with Crippen LogP contribution in [0.2, 0.25) is 0 Å². The van der Waals surface area contributed by atoms with Gasteiger partial charge in [-0.15, -0.1) is 11.3 Å². The van der Waals surface area contributed by atoms with E-state index in [2.05, 4.69) is 10.6 Å². The summed E-state index contributed by atoms with van der Waals surface area (Å²) in [6.07, 6.45) is 0.184. The molecule has 1 aliphatic rings. The molecule has 20 heavy (non-hydrogen) atoms. The minimum atomic E-state index is -0.572. The van der Waals surface area contributed by atoms with Gasteiger partial charge in [0.05, 0.1) is 12.7 Å². The highest BCUT2D eigenvalue weighted by Gasteiger charge is 2.27. The number of fused-ring (bicyclic) bond motifs is 1. The molecule has 0 saturated heterocycles. The Hall–Kier alpha value is -1.44. The van der Waals surface area contributed by atoms with E-state index in [1.165, 1.54) is 25.6 Å². The molecule has 0 fully saturated rings. The van der Waals surface area contributed by atoms with Crippen LogP contribution in [0.4, 0.5) is 5.00 Å². The molecule has 1 atom stereocenters. The van der Waals surface area contributed by atoms with Gasteiger partial charge in [-0.1, -0.05) is 0 Å². The number of hydrogen-bond donors (Lipinski definition) is 2. The zero-order valence-corrected chi connectivity index (χ0v) is 12.6. The summed E-state index contributed by atoms with van der Waals surface area (Å²) in [5, 5.41) is 6.55. The monoisotopic (exact) mass is 298 g/mol. The zero-order chi connectivity index (χ0) is 14.7. The Morgan fingerprint density at radius 3 is 2.80 bits per heavy atom. The van der Waals surface area contributed by atoms with E-state index < -0.39 is 12.1 Å². The Morgan fingerprint density at radius 1 is 1.40 bits per heavy atom. The van der Waals surface area contributed by atoms with Crippen molar-refractivity contribution in [2.24, 2.45) is 0 Å². The van der Waals surface area contributed by atoms with Gasteiger partial charge in [0.2, 0.25) is 0 Å². The van der Waals surface area contributed by atoms with Gasteiger partial charge < -0.3 is 20.1 Å². The number of carbonyl (C=O) groups excluding carboxylic acids is 2. The number of ether oxygens (including phenoxy) is 2. The first-order valence-electron chi connectivity index (χ1n) is 6.35. The predicted molar refractivity (Wildman–Crippen MR) is 76.2 cm³/mol. The smallest absolute Gasteiger partial charge is 0.341 e. The van der Waals surface area contributed by atoms with E-state index in [1.807, 2.05) is 0 Å². The van der Waals surface area contributed by atoms with Crippen molar-refractivity contribution < 1.29 is 19.1 Å². The maximum Gasteiger partial charge on any atom is 0.341 e. The van der Waals surface area contributed by atoms with Crippen LogP contribution in [0.3, 0.4) is 0 Å². The standard InChI is InChI=1S/C13H18N2O4S/c1-7(18-2)11(16)15-12-10(13(17)19-3)8-4-5-14-6-9(8)20-12/h7,14H,4-6H2,1-3H3,(H,15,16). The Balaban J connectivity index is 2.34. The summed E-state index contributed by atoms with van der Waals surface area (Å²) >= 11 is 1.41. The fourth-order valence-corrected chi connectivity index (χ4v) is 3.27. The first-order chi connectivity index (χ1) is 9.58. The second-order valence-corrected chi connectivity index (χ2v) is 5.60. The third-order valence-electron chi connectivity index (χ3n) is 3.28. The molecule has 1 amide bonds. The van der Waals surface area contributed by atoms with E-state index in [4.69, 9.17) is 9.47 Å². The van der Waals surface area contributed by atoms with E-state index in [9.17, 15) is 9.59 Å². The van der Waals surface area contributed by atoms with E-state index in [-0.39, 0.29) is 5.91 Å². The highest BCUT2D eigenvalue weighted by atomic mass is 32.1. The summed E-state index contributed by atoms with van der Waals surface area (Å²) in [5.41, 5.74) is 1.45. The largest absolute Gasteiger partial charge is 0.465 e. The van der Waals surface area contributed by atoms with Gasteiger partial charge >= 0.3 is 5.97 Å². The summed E-state index contributed by atoms with van der Waals surface area (Å²) in [6, 6.07) is 0. The van der Waals surface area contributed by atoms with Gasteiger partial charge in [0.25, 0.3) is 5.91 Å². The number of esters is 1. The molecule has 110 valence electrons. The third-order valence-corrected chi connectivity index (χ3v) is 4.42. The SMILES string of the molecule is COC(=O)c1c(NC(=O)C(C)OC)sc2c1CCNC2. The molecule has 0 bridgehead atoms. The number of thiophene rings is 1. The first kappa shape index (κ1) is 15.0. The molecule has 0 aromatic carbocycles. The number of rotatable bonds is 4. The maximum atomic E-state index is 12.0. The molecule has 6 nitrogen and oxygen atoms in total. The van der Waals surface area contributed by atoms with Crippen molar-refractivity contribution in [2.75, 3.05) is 26.1 Å². The molecule has 7 heteroatoms. The normalized spacial score (nSPS) is 15.3. The molecule has 0 aliphatic carbocycles. The van der Waals surface area contributed by atoms with Gasteiger partial charge in [-0.2, -0.15) is 0 Å². The fourth-order valence-electron chi connectivity index (χ4n) is 2.06. The number of carbonyl (C=O) groups is 2. The third kappa shape index (κ3) is 2.84. The van der Waals surface area contributed by atoms with Crippen LogP contribution in [0.5, 0.6) is 0 Å². The molecule has 2 N–H and O–H groups in total. The van der Waals surface area contributed by atoms with Crippen LogP contribution in [0.25, 0.3) is 0 Å². The molecule has 2 heterocycles. The van der Waals surface area contributed by atoms with E-state index >= 15 is 0 Å². The highest BCUT2D eigenvalue weighted by molar-refractivity contribution is 7.17. The van der Waals surface area contributed by atoms with Crippen molar-refractivity contribution in [3.8, 4) is 0 Å². The molecule has 1 aromatic heterocycles. The summed E-state index contributed by atoms with van der Waals surface area (Å²) < 4.78 is 9.81. The number of nitrogens with one attached hydrogen (secondary N) is 2. The lowest BCUT2D eigenvalue weighted by Crippen LogP contribution is -2.27. The van der Waals surface area contributed by atoms with Crippen LogP contribution >= 0.6 is 11.3 Å². The fraction of sp³-hybridized carbons (Fsp3) is 0.538. The Labute approximate surface area is 121 Å². The summed E-state index contributed by atoms with van der Waals surface area (Å²) in [6.45, 7) is 3.18. The average Bonchev–Trinajstić information content (AvgIpc) is 2.83. The minimum Gasteiger partial charge on any atom is -0.465 e. The van der Waals surface area contributed by atoms with Crippen LogP contribution in [0, 0.1) is 0 Å². The molecule has 1 aliphatic heterocycles. The molecular formula is C13H18N2O4S. The van der Waals surface area contributed by atoms with Gasteiger partial charge in [-0.05, 0) is 25.5 Å². The van der Waals surface area contributed by atoms with E-state index in [0.717, 1.165) is 23.4 Å². The van der Waals surface area contributed by atoms with Crippen molar-refractivity contribution in [3.63, 3.8) is 0 Å². The highest BCUT2D eigenvalue weighted by Crippen LogP contribution is 2.35. The van der Waals surface area contributed by atoms with Gasteiger partial charge in [0, 0.05) is 18.5 Å². The van der Waals surface area contributed by atoms with Crippen LogP contribution in [-0.4, -0.2) is 38.7 Å². The molecule has 1 aromatic rings. The lowest BCUT2D eigenvalue weighted by atomic mass is 10.0. The van der Waals surface area contributed by atoms with Crippen molar-refractivity contribution in [2.45, 2.75) is 26.0 Å². The Bertz CT molecular complexity index is 527. The topological polar surface area (TPSA) is 76.7 Å². The quantitative estimate of drug-likeness (QED) is 0.816. The van der Waals surface area contributed by atoms with Gasteiger partial charge in [0.15, 0.2) is 0 Å². The number of methoxy groups -OCH3 is 2. The minimum absolute atomic E-state index is 0.274. The summed E-state index contributed by atoms with van der Waals surface area (Å²) in [7, 11) is 2.81. The van der Waals surface area contributed by atoms with Crippen LogP contribution in [-0.2, 0) is 27.2 Å². The number of amides is 1. The molecule has 0 radical (unpaired) electrons. The second kappa shape index (κ2) is 6.34. The van der Waals surface area contributed by atoms with Crippen molar-refractivity contribution >= 4 is 28.2 Å². The van der Waals surface area contributed by atoms with Crippen LogP contribution in [0.15, 0.2) is 0 Å². The van der Waals surface area contributed by atoms with Crippen LogP contribution in [0.1, 0.15) is 27.7 Å². The lowest BCUT2D eigenvalue weighted by Gasteiger charge is -2.13. The number of anilines is 1. The molecule has 1 unspecified atom stereocenters. The van der Waals surface area contributed by atoms with Crippen LogP contribution < -0.4 is 10.6 Å². The van der Waals surface area contributed by atoms with Gasteiger partial charge in [-0.3, -0.25) is 4.79 Å². The average molecular weight is 298 g/mol. The van der Waals surface area contributed by atoms with Crippen molar-refractivity contribution in [1.82, 2.24) is 5.32 Å². The molecule has 0 spiro atoms. The lowest BCUT2D eigenvalue weighted by molar-refractivity contribution is -0.124. The van der Waals surface area contributed by atoms with Crippen molar-refractivity contribution in [3.05, 3.63) is 16.0 Å². The molecular weight excluding hydrogens is 280 g/mol. The maximum absolute atomic E-state index is 12.0. The van der Waals surface area contributed by atoms with Gasteiger partial charge in [0.1, 0.15) is 11.1 Å². The first-order valence-corrected chi connectivity index (χ1v) is 7.17. The van der Waals surface area contributed by atoms with E-state index in [0.29, 0.717) is 17.1 Å². The zero-order valence-electron chi connectivity index (χ0n) is 11.7. The second-order valence-electron chi connectivity index (χ2n) is 4.49.